The van der Waals surface area contributed by atoms with Crippen LogP contribution < -0.4 is 11.5 Å². The van der Waals surface area contributed by atoms with Crippen LogP contribution in [-0.4, -0.2) is 70.2 Å². The Balaban J connectivity index is 1.56. The molecule has 0 spiro atoms. The molecule has 1 amide bonds. The predicted octanol–water partition coefficient (Wildman–Crippen LogP) is 1.68. The lowest BCUT2D eigenvalue weighted by Gasteiger charge is -2.30. The van der Waals surface area contributed by atoms with Crippen LogP contribution in [0.4, 0.5) is 0 Å². The topological polar surface area (TPSA) is 136 Å². The van der Waals surface area contributed by atoms with Gasteiger partial charge in [-0.05, 0) is 43.7 Å². The molecular formula is C21H28N8O2S. The third kappa shape index (κ3) is 4.49. The first-order valence-electron chi connectivity index (χ1n) is 10.5. The first-order chi connectivity index (χ1) is 15.4. The number of thioether (sulfide) groups is 1. The normalized spacial score (nSPS) is 27.1. The summed E-state index contributed by atoms with van der Waals surface area (Å²) in [7, 11) is 0. The van der Waals surface area contributed by atoms with Crippen molar-refractivity contribution in [3.8, 4) is 0 Å². The largest absolute Gasteiger partial charge is 0.386 e. The van der Waals surface area contributed by atoms with E-state index in [0.29, 0.717) is 30.4 Å². The average Bonchev–Trinajstić information content (AvgIpc) is 3.32. The summed E-state index contributed by atoms with van der Waals surface area (Å²) >= 11 is 1.56. The molecule has 11 heteroatoms. The highest BCUT2D eigenvalue weighted by Gasteiger charge is 2.37. The van der Waals surface area contributed by atoms with E-state index in [2.05, 4.69) is 31.5 Å². The highest BCUT2D eigenvalue weighted by atomic mass is 32.2. The van der Waals surface area contributed by atoms with E-state index in [1.54, 1.807) is 30.2 Å². The van der Waals surface area contributed by atoms with Gasteiger partial charge in [-0.2, -0.15) is 0 Å². The van der Waals surface area contributed by atoms with Crippen LogP contribution >= 0.6 is 11.8 Å². The zero-order valence-corrected chi connectivity index (χ0v) is 19.2. The molecule has 2 aliphatic heterocycles. The Morgan fingerprint density at radius 3 is 2.91 bits per heavy atom. The van der Waals surface area contributed by atoms with Gasteiger partial charge in [0, 0.05) is 5.56 Å². The first-order valence-corrected chi connectivity index (χ1v) is 11.7. The summed E-state index contributed by atoms with van der Waals surface area (Å²) in [4.78, 5) is 31.2. The number of hydrogen-bond donors (Lipinski definition) is 2. The Morgan fingerprint density at radius 2 is 2.16 bits per heavy atom. The average molecular weight is 457 g/mol. The molecule has 0 aliphatic carbocycles. The molecule has 0 saturated carbocycles. The summed E-state index contributed by atoms with van der Waals surface area (Å²) in [6.07, 6.45) is 5.74. The third-order valence-corrected chi connectivity index (χ3v) is 6.50. The van der Waals surface area contributed by atoms with E-state index in [0.717, 1.165) is 22.6 Å². The van der Waals surface area contributed by atoms with Crippen LogP contribution in [0.15, 0.2) is 38.3 Å². The summed E-state index contributed by atoms with van der Waals surface area (Å²) in [5.41, 5.74) is 13.4. The van der Waals surface area contributed by atoms with Gasteiger partial charge in [0.2, 0.25) is 5.91 Å². The minimum absolute atomic E-state index is 0.0161. The SMILES string of the molecule is CSc1nc2cc(C(N)=O)ccc2n1C[C@H]1OC(N2C=NCC(N)=N/C=N\C2C)CC1C. The number of imidazole rings is 1. The number of primary amides is 1. The standard InChI is InChI=1S/C21H28N8O2S/c1-12-6-19(29-11-24-8-18(22)26-10-25-13(29)2)31-17(12)9-28-16-5-4-14(20(23)30)7-15(16)27-21(28)32-3/h4-5,7,10-13,17,19H,6,8-9H2,1-3H3,(H2,23,30)(H2,22,25,26)/t12?,13?,17-,19?/m1/s1. The van der Waals surface area contributed by atoms with E-state index in [-0.39, 0.29) is 18.5 Å². The number of fused-ring (bicyclic) bond motifs is 1. The third-order valence-electron chi connectivity index (χ3n) is 5.82. The van der Waals surface area contributed by atoms with E-state index in [1.165, 1.54) is 6.34 Å². The van der Waals surface area contributed by atoms with Crippen molar-refractivity contribution in [3.05, 3.63) is 23.8 Å². The van der Waals surface area contributed by atoms with Gasteiger partial charge >= 0.3 is 0 Å². The van der Waals surface area contributed by atoms with Crippen molar-refractivity contribution in [1.29, 1.82) is 0 Å². The van der Waals surface area contributed by atoms with Crippen LogP contribution in [0.1, 0.15) is 30.6 Å². The van der Waals surface area contributed by atoms with E-state index in [9.17, 15) is 4.79 Å². The second-order valence-corrected chi connectivity index (χ2v) is 8.81. The fourth-order valence-electron chi connectivity index (χ4n) is 4.01. The Kier molecular flexibility index (Phi) is 6.47. The van der Waals surface area contributed by atoms with Crippen molar-refractivity contribution in [2.45, 2.75) is 50.5 Å². The summed E-state index contributed by atoms with van der Waals surface area (Å²) in [5, 5.41) is 0.871. The molecule has 3 unspecified atom stereocenters. The van der Waals surface area contributed by atoms with Crippen molar-refractivity contribution >= 4 is 47.2 Å². The Labute approximate surface area is 190 Å². The molecule has 10 nitrogen and oxygen atoms in total. The molecule has 0 radical (unpaired) electrons. The van der Waals surface area contributed by atoms with E-state index < -0.39 is 5.91 Å². The van der Waals surface area contributed by atoms with Crippen LogP contribution in [0.5, 0.6) is 0 Å². The van der Waals surface area contributed by atoms with Crippen LogP contribution in [0, 0.1) is 5.92 Å². The highest BCUT2D eigenvalue weighted by Crippen LogP contribution is 2.32. The lowest BCUT2D eigenvalue weighted by Crippen LogP contribution is -2.40. The fourth-order valence-corrected chi connectivity index (χ4v) is 4.59. The van der Waals surface area contributed by atoms with Gasteiger partial charge in [-0.15, -0.1) is 0 Å². The zero-order valence-electron chi connectivity index (χ0n) is 18.4. The molecule has 2 aliphatic rings. The second-order valence-electron chi connectivity index (χ2n) is 8.04. The lowest BCUT2D eigenvalue weighted by molar-refractivity contribution is -0.0416. The number of aromatic nitrogens is 2. The van der Waals surface area contributed by atoms with E-state index in [4.69, 9.17) is 16.2 Å². The number of carbonyl (C=O) groups excluding carboxylic acids is 1. The molecule has 0 bridgehead atoms. The molecule has 1 aromatic heterocycles. The molecule has 4 rings (SSSR count). The van der Waals surface area contributed by atoms with Crippen molar-refractivity contribution in [1.82, 2.24) is 14.5 Å². The van der Waals surface area contributed by atoms with Crippen LogP contribution in [-0.2, 0) is 11.3 Å². The van der Waals surface area contributed by atoms with Crippen molar-refractivity contribution in [2.24, 2.45) is 32.4 Å². The van der Waals surface area contributed by atoms with Gasteiger partial charge in [0.25, 0.3) is 0 Å². The summed E-state index contributed by atoms with van der Waals surface area (Å²) < 4.78 is 8.64. The molecule has 170 valence electrons. The molecule has 4 atom stereocenters. The van der Waals surface area contributed by atoms with Crippen molar-refractivity contribution < 1.29 is 9.53 Å². The monoisotopic (exact) mass is 456 g/mol. The molecule has 3 heterocycles. The van der Waals surface area contributed by atoms with Crippen molar-refractivity contribution in [2.75, 3.05) is 12.8 Å². The maximum Gasteiger partial charge on any atom is 0.248 e. The van der Waals surface area contributed by atoms with Crippen LogP contribution in [0.25, 0.3) is 11.0 Å². The van der Waals surface area contributed by atoms with Gasteiger partial charge < -0.3 is 25.7 Å². The Bertz CT molecular complexity index is 1090. The number of nitrogens with two attached hydrogens (primary N) is 2. The molecule has 2 aromatic rings. The zero-order chi connectivity index (χ0) is 22.8. The lowest BCUT2D eigenvalue weighted by atomic mass is 10.0. The van der Waals surface area contributed by atoms with Crippen molar-refractivity contribution in [3.63, 3.8) is 0 Å². The summed E-state index contributed by atoms with van der Waals surface area (Å²) in [6, 6.07) is 5.37. The number of benzene rings is 1. The number of amides is 1. The van der Waals surface area contributed by atoms with Crippen LogP contribution in [0.2, 0.25) is 0 Å². The molecule has 1 fully saturated rings. The number of nitrogens with zero attached hydrogens (tertiary/aromatic N) is 6. The summed E-state index contributed by atoms with van der Waals surface area (Å²) in [5.74, 6) is 0.279. The number of aliphatic imine (C=N–C) groups is 3. The van der Waals surface area contributed by atoms with E-state index in [1.807, 2.05) is 24.1 Å². The summed E-state index contributed by atoms with van der Waals surface area (Å²) in [6.45, 7) is 5.15. The number of ether oxygens (including phenoxy) is 1. The van der Waals surface area contributed by atoms with Gasteiger partial charge in [0.05, 0.1) is 36.6 Å². The second kappa shape index (κ2) is 9.29. The minimum atomic E-state index is -0.461. The van der Waals surface area contributed by atoms with Gasteiger partial charge in [-0.3, -0.25) is 9.79 Å². The maximum absolute atomic E-state index is 11.5. The predicted molar refractivity (Wildman–Crippen MR) is 127 cm³/mol. The minimum Gasteiger partial charge on any atom is -0.386 e. The maximum atomic E-state index is 11.5. The quantitative estimate of drug-likeness (QED) is 0.657. The number of hydrogen-bond acceptors (Lipinski definition) is 9. The van der Waals surface area contributed by atoms with Gasteiger partial charge in [0.15, 0.2) is 5.16 Å². The number of carbonyl (C=O) groups is 1. The smallest absolute Gasteiger partial charge is 0.248 e. The molecule has 32 heavy (non-hydrogen) atoms. The number of amidine groups is 1. The number of rotatable bonds is 5. The highest BCUT2D eigenvalue weighted by molar-refractivity contribution is 7.98. The molecular weight excluding hydrogens is 428 g/mol. The van der Waals surface area contributed by atoms with Gasteiger partial charge in [-0.25, -0.2) is 15.0 Å². The Morgan fingerprint density at radius 1 is 1.34 bits per heavy atom. The van der Waals surface area contributed by atoms with E-state index >= 15 is 0 Å². The first kappa shape index (κ1) is 22.3. The molecule has 4 N–H and O–H groups in total. The molecule has 1 aromatic carbocycles. The van der Waals surface area contributed by atoms with Crippen LogP contribution in [0.3, 0.4) is 0 Å². The fraction of sp³-hybridized carbons (Fsp3) is 0.476. The van der Waals surface area contributed by atoms with Gasteiger partial charge in [-0.1, -0.05) is 18.7 Å². The van der Waals surface area contributed by atoms with Gasteiger partial charge in [0.1, 0.15) is 24.6 Å². The molecule has 1 saturated heterocycles. The Hall–Kier alpha value is -2.92.